The molecular weight excluding hydrogens is 553 g/mol. The number of rotatable bonds is 10. The molecular formula is C26H29F3N4O4S2. The number of nitrogens with zero attached hydrogens (tertiary/aromatic N) is 3. The van der Waals surface area contributed by atoms with E-state index in [0.717, 1.165) is 55.3 Å². The van der Waals surface area contributed by atoms with E-state index in [2.05, 4.69) is 26.2 Å². The van der Waals surface area contributed by atoms with Crippen molar-refractivity contribution in [3.8, 4) is 16.9 Å². The highest BCUT2D eigenvalue weighted by Gasteiger charge is 2.30. The Labute approximate surface area is 229 Å². The Kier molecular flexibility index (Phi) is 9.13. The van der Waals surface area contributed by atoms with Gasteiger partial charge in [-0.05, 0) is 54.3 Å². The van der Waals surface area contributed by atoms with Crippen LogP contribution in [0.3, 0.4) is 0 Å². The zero-order valence-electron chi connectivity index (χ0n) is 21.3. The molecule has 1 amide bonds. The number of pyridine rings is 1. The van der Waals surface area contributed by atoms with Crippen LogP contribution in [-0.2, 0) is 16.6 Å². The summed E-state index contributed by atoms with van der Waals surface area (Å²) < 4.78 is 67.8. The smallest absolute Gasteiger partial charge is 0.390 e. The maximum Gasteiger partial charge on any atom is 0.390 e. The quantitative estimate of drug-likeness (QED) is 0.375. The number of ether oxygens (including phenoxy) is 1. The maximum absolute atomic E-state index is 12.3. The Morgan fingerprint density at radius 3 is 2.46 bits per heavy atom. The van der Waals surface area contributed by atoms with E-state index in [9.17, 15) is 26.4 Å². The lowest BCUT2D eigenvalue weighted by Gasteiger charge is -2.36. The third-order valence-corrected chi connectivity index (χ3v) is 8.32. The third-order valence-electron chi connectivity index (χ3n) is 6.16. The molecule has 1 aliphatic heterocycles. The van der Waals surface area contributed by atoms with Gasteiger partial charge >= 0.3 is 6.18 Å². The van der Waals surface area contributed by atoms with Crippen LogP contribution in [0.2, 0.25) is 0 Å². The Morgan fingerprint density at radius 1 is 1.08 bits per heavy atom. The van der Waals surface area contributed by atoms with Gasteiger partial charge in [0.2, 0.25) is 10.0 Å². The number of thiophene rings is 1. The van der Waals surface area contributed by atoms with E-state index in [-0.39, 0.29) is 5.56 Å². The van der Waals surface area contributed by atoms with Crippen molar-refractivity contribution >= 4 is 33.0 Å². The molecule has 8 nitrogen and oxygen atoms in total. The highest BCUT2D eigenvalue weighted by atomic mass is 32.2. The summed E-state index contributed by atoms with van der Waals surface area (Å²) in [4.78, 5) is 22.3. The number of piperazine rings is 1. The molecule has 210 valence electrons. The van der Waals surface area contributed by atoms with Gasteiger partial charge in [-0.3, -0.25) is 14.7 Å². The second kappa shape index (κ2) is 12.3. The number of hydrogen-bond acceptors (Lipinski definition) is 8. The van der Waals surface area contributed by atoms with Crippen LogP contribution in [-0.4, -0.2) is 68.9 Å². The number of carbonyl (C=O) groups excluding carboxylic acids is 1. The fourth-order valence-corrected chi connectivity index (χ4v) is 6.08. The lowest BCUT2D eigenvalue weighted by atomic mass is 10.1. The van der Waals surface area contributed by atoms with Gasteiger partial charge in [0.1, 0.15) is 5.75 Å². The van der Waals surface area contributed by atoms with Crippen molar-refractivity contribution in [2.75, 3.05) is 43.4 Å². The Balaban J connectivity index is 1.27. The van der Waals surface area contributed by atoms with Crippen LogP contribution in [0.5, 0.6) is 5.75 Å². The highest BCUT2D eigenvalue weighted by molar-refractivity contribution is 7.90. The van der Waals surface area contributed by atoms with Gasteiger partial charge in [0, 0.05) is 60.6 Å². The van der Waals surface area contributed by atoms with Gasteiger partial charge < -0.3 is 9.64 Å². The summed E-state index contributed by atoms with van der Waals surface area (Å²) in [6, 6.07) is 10.5. The van der Waals surface area contributed by atoms with Crippen molar-refractivity contribution in [3.63, 3.8) is 0 Å². The first-order valence-electron chi connectivity index (χ1n) is 12.4. The normalized spacial score (nSPS) is 14.8. The average Bonchev–Trinajstić information content (AvgIpc) is 3.36. The van der Waals surface area contributed by atoms with Gasteiger partial charge in [0.05, 0.1) is 25.0 Å². The maximum atomic E-state index is 12.3. The van der Waals surface area contributed by atoms with E-state index in [1.807, 2.05) is 19.2 Å². The molecule has 3 heterocycles. The first-order valence-corrected chi connectivity index (χ1v) is 14.9. The number of benzene rings is 1. The van der Waals surface area contributed by atoms with Gasteiger partial charge in [-0.15, -0.1) is 11.3 Å². The first kappa shape index (κ1) is 28.8. The Bertz CT molecular complexity index is 1370. The third kappa shape index (κ3) is 8.41. The van der Waals surface area contributed by atoms with Crippen molar-refractivity contribution < 1.29 is 31.1 Å². The summed E-state index contributed by atoms with van der Waals surface area (Å²) >= 11 is 1.71. The van der Waals surface area contributed by atoms with Crippen LogP contribution in [0.4, 0.5) is 18.9 Å². The number of halogens is 3. The van der Waals surface area contributed by atoms with E-state index in [0.29, 0.717) is 6.61 Å². The SMILES string of the molecule is CCOc1cncc(-c2csc(CN3CCN(c4ccc(C(=O)NS(=O)(=O)CCC(F)(F)F)cc4)CC3)c2)c1. The number of nitrogens with one attached hydrogen (secondary N) is 1. The predicted octanol–water partition coefficient (Wildman–Crippen LogP) is 4.54. The van der Waals surface area contributed by atoms with E-state index in [1.165, 1.54) is 17.0 Å². The minimum Gasteiger partial charge on any atom is -0.492 e. The fourth-order valence-electron chi connectivity index (χ4n) is 4.15. The molecule has 1 fully saturated rings. The van der Waals surface area contributed by atoms with Crippen molar-refractivity contribution in [1.29, 1.82) is 0 Å². The van der Waals surface area contributed by atoms with Crippen LogP contribution >= 0.6 is 11.3 Å². The van der Waals surface area contributed by atoms with Crippen molar-refractivity contribution in [2.24, 2.45) is 0 Å². The fraction of sp³-hybridized carbons (Fsp3) is 0.385. The molecule has 0 atom stereocenters. The zero-order chi connectivity index (χ0) is 28.0. The lowest BCUT2D eigenvalue weighted by Crippen LogP contribution is -2.45. The summed E-state index contributed by atoms with van der Waals surface area (Å²) in [5.74, 6) is -1.40. The van der Waals surface area contributed by atoms with Crippen LogP contribution in [0.1, 0.15) is 28.6 Å². The zero-order valence-corrected chi connectivity index (χ0v) is 22.9. The predicted molar refractivity (Wildman–Crippen MR) is 145 cm³/mol. The van der Waals surface area contributed by atoms with Crippen LogP contribution < -0.4 is 14.4 Å². The number of hydrogen-bond donors (Lipinski definition) is 1. The average molecular weight is 583 g/mol. The molecule has 39 heavy (non-hydrogen) atoms. The molecule has 3 aromatic rings. The summed E-state index contributed by atoms with van der Waals surface area (Å²) in [5.41, 5.74) is 3.07. The van der Waals surface area contributed by atoms with Gasteiger partial charge in [0.15, 0.2) is 0 Å². The molecule has 1 aliphatic rings. The molecule has 0 radical (unpaired) electrons. The summed E-state index contributed by atoms with van der Waals surface area (Å²) in [7, 11) is -4.39. The number of aromatic nitrogens is 1. The topological polar surface area (TPSA) is 91.8 Å². The summed E-state index contributed by atoms with van der Waals surface area (Å²) in [6.07, 6.45) is -2.61. The van der Waals surface area contributed by atoms with E-state index in [1.54, 1.807) is 34.4 Å². The summed E-state index contributed by atoms with van der Waals surface area (Å²) in [6.45, 7) is 6.59. The van der Waals surface area contributed by atoms with Crippen molar-refractivity contribution in [3.05, 3.63) is 64.6 Å². The molecule has 0 unspecified atom stereocenters. The Hall–Kier alpha value is -3.16. The number of amides is 1. The molecule has 0 aliphatic carbocycles. The second-order valence-electron chi connectivity index (χ2n) is 9.07. The molecule has 1 aromatic carbocycles. The molecule has 2 aromatic heterocycles. The molecule has 1 saturated heterocycles. The highest BCUT2D eigenvalue weighted by Crippen LogP contribution is 2.29. The minimum absolute atomic E-state index is 0.0588. The molecule has 13 heteroatoms. The van der Waals surface area contributed by atoms with Crippen molar-refractivity contribution in [2.45, 2.75) is 26.1 Å². The minimum atomic E-state index is -4.62. The number of carbonyl (C=O) groups is 1. The molecule has 0 spiro atoms. The molecule has 4 rings (SSSR count). The summed E-state index contributed by atoms with van der Waals surface area (Å²) in [5, 5.41) is 2.12. The lowest BCUT2D eigenvalue weighted by molar-refractivity contribution is -0.130. The molecule has 1 N–H and O–H groups in total. The van der Waals surface area contributed by atoms with E-state index < -0.39 is 34.3 Å². The standard InChI is InChI=1S/C26H29F3N4O4S2/c1-2-37-23-13-20(15-30-16-23)21-14-24(38-18-21)17-32-8-10-33(11-9-32)22-5-3-19(4-6-22)25(34)31-39(35,36)12-7-26(27,28)29/h3-6,13-16,18H,2,7-12,17H2,1H3,(H,31,34). The van der Waals surface area contributed by atoms with Crippen LogP contribution in [0, 0.1) is 0 Å². The monoisotopic (exact) mass is 582 g/mol. The van der Waals surface area contributed by atoms with Gasteiger partial charge in [0.25, 0.3) is 5.91 Å². The van der Waals surface area contributed by atoms with E-state index >= 15 is 0 Å². The van der Waals surface area contributed by atoms with Gasteiger partial charge in [-0.25, -0.2) is 13.1 Å². The first-order chi connectivity index (χ1) is 18.5. The number of sulfonamides is 1. The van der Waals surface area contributed by atoms with Crippen LogP contribution in [0.25, 0.3) is 11.1 Å². The molecule has 0 saturated carbocycles. The van der Waals surface area contributed by atoms with Gasteiger partial charge in [-0.1, -0.05) is 0 Å². The number of anilines is 1. The largest absolute Gasteiger partial charge is 0.492 e. The molecule has 0 bridgehead atoms. The van der Waals surface area contributed by atoms with Crippen LogP contribution in [0.15, 0.2) is 54.2 Å². The second-order valence-corrected chi connectivity index (χ2v) is 11.9. The van der Waals surface area contributed by atoms with Crippen molar-refractivity contribution in [1.82, 2.24) is 14.6 Å². The van der Waals surface area contributed by atoms with Gasteiger partial charge in [-0.2, -0.15) is 13.2 Å². The van der Waals surface area contributed by atoms with E-state index in [4.69, 9.17) is 4.74 Å². The number of alkyl halides is 3. The Morgan fingerprint density at radius 2 is 1.79 bits per heavy atom.